The van der Waals surface area contributed by atoms with Gasteiger partial charge in [0.1, 0.15) is 6.67 Å². The van der Waals surface area contributed by atoms with Gasteiger partial charge in [-0.3, -0.25) is 20.1 Å². The van der Waals surface area contributed by atoms with E-state index < -0.39 is 0 Å². The maximum Gasteiger partial charge on any atom is 0.285 e. The van der Waals surface area contributed by atoms with E-state index in [-0.39, 0.29) is 11.1 Å². The molecule has 1 aromatic carbocycles. The van der Waals surface area contributed by atoms with Gasteiger partial charge >= 0.3 is 0 Å². The van der Waals surface area contributed by atoms with Gasteiger partial charge in [-0.25, -0.2) is 0 Å². The second-order valence-corrected chi connectivity index (χ2v) is 5.86. The Morgan fingerprint density at radius 3 is 2.90 bits per heavy atom. The molecular weight excluding hydrogens is 304 g/mol. The van der Waals surface area contributed by atoms with Crippen LogP contribution in [0.2, 0.25) is 0 Å². The molecule has 1 N–H and O–H groups in total. The van der Waals surface area contributed by atoms with Crippen LogP contribution in [-0.4, -0.2) is 41.3 Å². The fourth-order valence-electron chi connectivity index (χ4n) is 1.83. The topological polar surface area (TPSA) is 59.8 Å². The number of carbonyl (C=O) groups is 1. The van der Waals surface area contributed by atoms with E-state index in [1.807, 2.05) is 36.2 Å². The molecule has 110 valence electrons. The summed E-state index contributed by atoms with van der Waals surface area (Å²) in [5.41, 5.74) is 0.943. The van der Waals surface area contributed by atoms with Gasteiger partial charge in [0.25, 0.3) is 5.91 Å². The Hall–Kier alpha value is -1.73. The van der Waals surface area contributed by atoms with Gasteiger partial charge < -0.3 is 4.90 Å². The van der Waals surface area contributed by atoms with E-state index in [9.17, 15) is 4.79 Å². The van der Waals surface area contributed by atoms with Crippen molar-refractivity contribution >= 4 is 46.2 Å². The van der Waals surface area contributed by atoms with Gasteiger partial charge in [-0.1, -0.05) is 18.2 Å². The van der Waals surface area contributed by atoms with E-state index in [2.05, 4.69) is 24.2 Å². The van der Waals surface area contributed by atoms with Gasteiger partial charge in [0.15, 0.2) is 10.2 Å². The van der Waals surface area contributed by atoms with Crippen LogP contribution in [0.3, 0.4) is 0 Å². The standard InChI is InChI=1S/C14H16N4OS2/c1-3-8-18-13(19)12(21-14(18)15)16-9-17(2)10-6-4-5-7-11(10)20/h3-7,15,20H,1,8-9H2,2H3/b15-14?,16-12+. The number of amides is 1. The van der Waals surface area contributed by atoms with Crippen molar-refractivity contribution < 1.29 is 4.79 Å². The number of thiol groups is 1. The molecular formula is C14H16N4OS2. The number of carbonyl (C=O) groups excluding carboxylic acids is 1. The minimum atomic E-state index is -0.238. The fraction of sp³-hybridized carbons (Fsp3) is 0.214. The SMILES string of the molecule is C=CCN1C(=N)S/C(=N/CN(C)c2ccccc2S)C1=O. The van der Waals surface area contributed by atoms with Crippen molar-refractivity contribution in [2.24, 2.45) is 4.99 Å². The highest BCUT2D eigenvalue weighted by molar-refractivity contribution is 8.28. The first-order valence-corrected chi connectivity index (χ1v) is 7.53. The van der Waals surface area contributed by atoms with E-state index in [1.54, 1.807) is 6.08 Å². The van der Waals surface area contributed by atoms with E-state index in [0.717, 1.165) is 22.3 Å². The molecule has 0 spiro atoms. The third kappa shape index (κ3) is 3.48. The number of nitrogens with zero attached hydrogens (tertiary/aromatic N) is 3. The smallest absolute Gasteiger partial charge is 0.285 e. The van der Waals surface area contributed by atoms with Crippen LogP contribution in [-0.2, 0) is 4.79 Å². The first kappa shape index (κ1) is 15.7. The lowest BCUT2D eigenvalue weighted by molar-refractivity contribution is -0.119. The van der Waals surface area contributed by atoms with Crippen LogP contribution >= 0.6 is 24.4 Å². The van der Waals surface area contributed by atoms with Crippen molar-refractivity contribution in [3.05, 3.63) is 36.9 Å². The van der Waals surface area contributed by atoms with Crippen LogP contribution in [0.15, 0.2) is 46.8 Å². The molecule has 21 heavy (non-hydrogen) atoms. The molecule has 1 heterocycles. The third-order valence-corrected chi connectivity index (χ3v) is 4.19. The molecule has 1 aliphatic heterocycles. The molecule has 0 aromatic heterocycles. The summed E-state index contributed by atoms with van der Waals surface area (Å²) in [4.78, 5) is 20.5. The Bertz CT molecular complexity index is 615. The second kappa shape index (κ2) is 6.82. The molecule has 1 fully saturated rings. The van der Waals surface area contributed by atoms with Crippen LogP contribution in [0.5, 0.6) is 0 Å². The number of rotatable bonds is 5. The second-order valence-electron chi connectivity index (χ2n) is 4.40. The van der Waals surface area contributed by atoms with Gasteiger partial charge in [-0.15, -0.1) is 19.2 Å². The normalized spacial score (nSPS) is 16.7. The van der Waals surface area contributed by atoms with Crippen molar-refractivity contribution in [1.82, 2.24) is 4.90 Å². The van der Waals surface area contributed by atoms with E-state index in [1.165, 1.54) is 4.90 Å². The molecule has 1 saturated heterocycles. The van der Waals surface area contributed by atoms with E-state index >= 15 is 0 Å². The highest BCUT2D eigenvalue weighted by atomic mass is 32.2. The minimum Gasteiger partial charge on any atom is -0.354 e. The molecule has 1 aliphatic rings. The summed E-state index contributed by atoms with van der Waals surface area (Å²) in [5.74, 6) is -0.238. The summed E-state index contributed by atoms with van der Waals surface area (Å²) in [7, 11) is 1.88. The number of amidine groups is 1. The number of hydrogen-bond acceptors (Lipinski definition) is 6. The zero-order chi connectivity index (χ0) is 15.4. The van der Waals surface area contributed by atoms with Crippen LogP contribution in [0.4, 0.5) is 5.69 Å². The highest BCUT2D eigenvalue weighted by Crippen LogP contribution is 2.24. The summed E-state index contributed by atoms with van der Waals surface area (Å²) >= 11 is 5.48. The molecule has 1 amide bonds. The van der Waals surface area contributed by atoms with Crippen molar-refractivity contribution in [3.8, 4) is 0 Å². The summed E-state index contributed by atoms with van der Waals surface area (Å²) in [6, 6.07) is 7.68. The molecule has 2 rings (SSSR count). The molecule has 1 aromatic rings. The third-order valence-electron chi connectivity index (χ3n) is 2.90. The minimum absolute atomic E-state index is 0.191. The maximum absolute atomic E-state index is 12.1. The summed E-state index contributed by atoms with van der Waals surface area (Å²) in [6.45, 7) is 4.25. The Morgan fingerprint density at radius 1 is 1.52 bits per heavy atom. The summed E-state index contributed by atoms with van der Waals surface area (Å²) in [6.07, 6.45) is 1.60. The number of aliphatic imine (C=N–C) groups is 1. The van der Waals surface area contributed by atoms with Gasteiger partial charge in [-0.05, 0) is 23.9 Å². The molecule has 0 atom stereocenters. The molecule has 0 aliphatic carbocycles. The Balaban J connectivity index is 2.08. The number of para-hydroxylation sites is 1. The number of thioether (sulfide) groups is 1. The molecule has 0 bridgehead atoms. The van der Waals surface area contributed by atoms with Crippen molar-refractivity contribution in [3.63, 3.8) is 0 Å². The predicted molar refractivity (Wildman–Crippen MR) is 91.6 cm³/mol. The lowest BCUT2D eigenvalue weighted by Crippen LogP contribution is -2.30. The number of hydrogen-bond donors (Lipinski definition) is 2. The van der Waals surface area contributed by atoms with Crippen LogP contribution in [0, 0.1) is 5.41 Å². The van der Waals surface area contributed by atoms with Gasteiger partial charge in [0.2, 0.25) is 0 Å². The number of nitrogens with one attached hydrogen (secondary N) is 1. The van der Waals surface area contributed by atoms with Gasteiger partial charge in [0, 0.05) is 18.5 Å². The van der Waals surface area contributed by atoms with Gasteiger partial charge in [-0.2, -0.15) is 0 Å². The predicted octanol–water partition coefficient (Wildman–Crippen LogP) is 2.46. The molecule has 0 unspecified atom stereocenters. The van der Waals surface area contributed by atoms with Gasteiger partial charge in [0.05, 0.1) is 5.69 Å². The largest absolute Gasteiger partial charge is 0.354 e. The Morgan fingerprint density at radius 2 is 2.24 bits per heavy atom. The van der Waals surface area contributed by atoms with Crippen LogP contribution in [0.25, 0.3) is 0 Å². The Labute approximate surface area is 133 Å². The number of benzene rings is 1. The first-order chi connectivity index (χ1) is 10.0. The summed E-state index contributed by atoms with van der Waals surface area (Å²) in [5, 5.41) is 8.30. The lowest BCUT2D eigenvalue weighted by Gasteiger charge is -2.18. The molecule has 0 radical (unpaired) electrons. The summed E-state index contributed by atoms with van der Waals surface area (Å²) < 4.78 is 0. The molecule has 0 saturated carbocycles. The van der Waals surface area contributed by atoms with Crippen molar-refractivity contribution in [2.45, 2.75) is 4.90 Å². The zero-order valence-corrected chi connectivity index (χ0v) is 13.3. The monoisotopic (exact) mass is 320 g/mol. The quantitative estimate of drug-likeness (QED) is 0.647. The Kier molecular flexibility index (Phi) is 5.08. The van der Waals surface area contributed by atoms with Crippen molar-refractivity contribution in [2.75, 3.05) is 25.2 Å². The lowest BCUT2D eigenvalue weighted by atomic mass is 10.3. The fourth-order valence-corrected chi connectivity index (χ4v) is 2.93. The van der Waals surface area contributed by atoms with Crippen molar-refractivity contribution in [1.29, 1.82) is 5.41 Å². The zero-order valence-electron chi connectivity index (χ0n) is 11.6. The van der Waals surface area contributed by atoms with Crippen LogP contribution < -0.4 is 4.90 Å². The molecule has 7 heteroatoms. The first-order valence-electron chi connectivity index (χ1n) is 6.27. The average molecular weight is 320 g/mol. The maximum atomic E-state index is 12.1. The average Bonchev–Trinajstić information content (AvgIpc) is 2.73. The van der Waals surface area contributed by atoms with E-state index in [4.69, 9.17) is 5.41 Å². The number of anilines is 1. The van der Waals surface area contributed by atoms with E-state index in [0.29, 0.717) is 18.3 Å². The molecule has 5 nitrogen and oxygen atoms in total. The highest BCUT2D eigenvalue weighted by Gasteiger charge is 2.32. The van der Waals surface area contributed by atoms with Crippen LogP contribution in [0.1, 0.15) is 0 Å².